The lowest BCUT2D eigenvalue weighted by molar-refractivity contribution is 0.0985. The standard InChI is InChI=1S/C22H19N5O/c1-15-23-21(25-24-15)16-8-10-17(11-9-16)22(28)27-14-19-6-4-12-26(19)13-18-5-2-3-7-20(18)27/h2-12H,13-14H2,1H3,(H,23,24,25). The lowest BCUT2D eigenvalue weighted by Gasteiger charge is -2.23. The van der Waals surface area contributed by atoms with E-state index in [4.69, 9.17) is 0 Å². The predicted molar refractivity (Wildman–Crippen MR) is 107 cm³/mol. The molecule has 6 nitrogen and oxygen atoms in total. The molecule has 1 N–H and O–H groups in total. The Balaban J connectivity index is 1.50. The second-order valence-electron chi connectivity index (χ2n) is 6.97. The van der Waals surface area contributed by atoms with Gasteiger partial charge in [0.25, 0.3) is 5.91 Å². The zero-order valence-electron chi connectivity index (χ0n) is 15.5. The number of hydrogen-bond donors (Lipinski definition) is 1. The molecule has 138 valence electrons. The summed E-state index contributed by atoms with van der Waals surface area (Å²) in [6.45, 7) is 3.18. The Labute approximate surface area is 162 Å². The maximum atomic E-state index is 13.4. The van der Waals surface area contributed by atoms with Crippen LogP contribution in [0.15, 0.2) is 66.9 Å². The van der Waals surface area contributed by atoms with E-state index in [1.54, 1.807) is 0 Å². The summed E-state index contributed by atoms with van der Waals surface area (Å²) < 4.78 is 2.20. The summed E-state index contributed by atoms with van der Waals surface area (Å²) in [5.74, 6) is 1.38. The molecule has 1 aliphatic heterocycles. The van der Waals surface area contributed by atoms with Gasteiger partial charge in [0.15, 0.2) is 5.82 Å². The van der Waals surface area contributed by atoms with Crippen LogP contribution in [-0.2, 0) is 13.1 Å². The molecule has 1 aliphatic rings. The van der Waals surface area contributed by atoms with Crippen LogP contribution in [0.2, 0.25) is 0 Å². The molecule has 28 heavy (non-hydrogen) atoms. The van der Waals surface area contributed by atoms with Gasteiger partial charge < -0.3 is 9.47 Å². The molecule has 0 fully saturated rings. The van der Waals surface area contributed by atoms with E-state index in [-0.39, 0.29) is 5.91 Å². The minimum atomic E-state index is -0.0141. The largest absolute Gasteiger partial charge is 0.345 e. The van der Waals surface area contributed by atoms with Gasteiger partial charge in [0.05, 0.1) is 6.54 Å². The highest BCUT2D eigenvalue weighted by molar-refractivity contribution is 6.06. The number of nitrogens with zero attached hydrogens (tertiary/aromatic N) is 4. The second kappa shape index (κ2) is 6.49. The summed E-state index contributed by atoms with van der Waals surface area (Å²) >= 11 is 0. The van der Waals surface area contributed by atoms with Crippen molar-refractivity contribution in [2.24, 2.45) is 0 Å². The molecule has 0 spiro atoms. The van der Waals surface area contributed by atoms with Crippen molar-refractivity contribution in [2.75, 3.05) is 4.90 Å². The van der Waals surface area contributed by atoms with Crippen molar-refractivity contribution in [3.05, 3.63) is 89.5 Å². The van der Waals surface area contributed by atoms with Crippen LogP contribution in [0.1, 0.15) is 27.4 Å². The van der Waals surface area contributed by atoms with E-state index in [1.807, 2.05) is 60.4 Å². The highest BCUT2D eigenvalue weighted by atomic mass is 16.2. The number of carbonyl (C=O) groups excluding carboxylic acids is 1. The smallest absolute Gasteiger partial charge is 0.258 e. The van der Waals surface area contributed by atoms with Crippen molar-refractivity contribution in [3.8, 4) is 11.4 Å². The van der Waals surface area contributed by atoms with Crippen molar-refractivity contribution in [2.45, 2.75) is 20.0 Å². The molecule has 0 radical (unpaired) electrons. The van der Waals surface area contributed by atoms with Gasteiger partial charge >= 0.3 is 0 Å². The van der Waals surface area contributed by atoms with Crippen molar-refractivity contribution < 1.29 is 4.79 Å². The Hall–Kier alpha value is -3.67. The zero-order valence-corrected chi connectivity index (χ0v) is 15.5. The predicted octanol–water partition coefficient (Wildman–Crippen LogP) is 3.79. The minimum absolute atomic E-state index is 0.0141. The molecule has 4 aromatic rings. The summed E-state index contributed by atoms with van der Waals surface area (Å²) in [4.78, 5) is 19.6. The van der Waals surface area contributed by atoms with Crippen LogP contribution in [-0.4, -0.2) is 25.7 Å². The van der Waals surface area contributed by atoms with E-state index in [0.29, 0.717) is 17.9 Å². The lowest BCUT2D eigenvalue weighted by Crippen LogP contribution is -2.30. The third kappa shape index (κ3) is 2.79. The normalized spacial score (nSPS) is 13.0. The summed E-state index contributed by atoms with van der Waals surface area (Å²) in [7, 11) is 0. The van der Waals surface area contributed by atoms with Crippen molar-refractivity contribution >= 4 is 11.6 Å². The van der Waals surface area contributed by atoms with E-state index in [0.717, 1.165) is 34.9 Å². The molecule has 0 saturated heterocycles. The number of nitrogens with one attached hydrogen (secondary N) is 1. The number of rotatable bonds is 2. The quantitative estimate of drug-likeness (QED) is 0.585. The van der Waals surface area contributed by atoms with Gasteiger partial charge in [-0.1, -0.05) is 30.3 Å². The van der Waals surface area contributed by atoms with Crippen LogP contribution in [0.5, 0.6) is 0 Å². The SMILES string of the molecule is Cc1nc(-c2ccc(C(=O)N3Cc4cccn4Cc4ccccc43)cc2)n[nH]1. The number of aromatic nitrogens is 4. The van der Waals surface area contributed by atoms with E-state index in [1.165, 1.54) is 0 Å². The molecule has 2 aromatic heterocycles. The number of carbonyl (C=O) groups is 1. The van der Waals surface area contributed by atoms with Gasteiger partial charge in [0.2, 0.25) is 0 Å². The van der Waals surface area contributed by atoms with Gasteiger partial charge in [-0.2, -0.15) is 5.10 Å². The van der Waals surface area contributed by atoms with Crippen LogP contribution in [0.25, 0.3) is 11.4 Å². The average Bonchev–Trinajstić information content (AvgIpc) is 3.32. The lowest BCUT2D eigenvalue weighted by atomic mass is 10.1. The Bertz CT molecular complexity index is 1160. The third-order valence-electron chi connectivity index (χ3n) is 5.10. The minimum Gasteiger partial charge on any atom is -0.345 e. The average molecular weight is 369 g/mol. The number of amides is 1. The molecule has 0 unspecified atom stereocenters. The number of para-hydroxylation sites is 1. The number of aryl methyl sites for hydroxylation is 1. The summed E-state index contributed by atoms with van der Waals surface area (Å²) in [6, 6.07) is 19.7. The highest BCUT2D eigenvalue weighted by Crippen LogP contribution is 2.29. The fourth-order valence-corrected chi connectivity index (χ4v) is 3.66. The molecule has 0 atom stereocenters. The van der Waals surface area contributed by atoms with Gasteiger partial charge in [0.1, 0.15) is 5.82 Å². The number of hydrogen-bond acceptors (Lipinski definition) is 3. The van der Waals surface area contributed by atoms with Crippen molar-refractivity contribution in [3.63, 3.8) is 0 Å². The summed E-state index contributed by atoms with van der Waals surface area (Å²) in [6.07, 6.45) is 2.06. The van der Waals surface area contributed by atoms with Gasteiger partial charge in [-0.3, -0.25) is 9.89 Å². The number of aromatic amines is 1. The Kier molecular flexibility index (Phi) is 3.83. The van der Waals surface area contributed by atoms with Gasteiger partial charge in [-0.25, -0.2) is 4.98 Å². The molecule has 6 heteroatoms. The highest BCUT2D eigenvalue weighted by Gasteiger charge is 2.24. The molecular formula is C22H19N5O. The molecule has 5 rings (SSSR count). The molecule has 3 heterocycles. The summed E-state index contributed by atoms with van der Waals surface area (Å²) in [5.41, 5.74) is 4.75. The first kappa shape index (κ1) is 16.5. The number of benzene rings is 2. The first-order valence-corrected chi connectivity index (χ1v) is 9.22. The fourth-order valence-electron chi connectivity index (χ4n) is 3.66. The van der Waals surface area contributed by atoms with Crippen LogP contribution in [0.4, 0.5) is 5.69 Å². The Morgan fingerprint density at radius 3 is 2.61 bits per heavy atom. The molecule has 2 aromatic carbocycles. The van der Waals surface area contributed by atoms with Crippen LogP contribution < -0.4 is 4.90 Å². The number of fused-ring (bicyclic) bond motifs is 2. The first-order valence-electron chi connectivity index (χ1n) is 9.22. The van der Waals surface area contributed by atoms with Gasteiger partial charge in [-0.05, 0) is 42.8 Å². The van der Waals surface area contributed by atoms with Crippen molar-refractivity contribution in [1.29, 1.82) is 0 Å². The van der Waals surface area contributed by atoms with E-state index < -0.39 is 0 Å². The van der Waals surface area contributed by atoms with Crippen molar-refractivity contribution in [1.82, 2.24) is 19.7 Å². The van der Waals surface area contributed by atoms with Crippen LogP contribution in [0, 0.1) is 6.92 Å². The van der Waals surface area contributed by atoms with Crippen LogP contribution >= 0.6 is 0 Å². The number of H-pyrrole nitrogens is 1. The maximum Gasteiger partial charge on any atom is 0.258 e. The molecule has 0 saturated carbocycles. The number of anilines is 1. The molecular weight excluding hydrogens is 350 g/mol. The second-order valence-corrected chi connectivity index (χ2v) is 6.97. The monoisotopic (exact) mass is 369 g/mol. The van der Waals surface area contributed by atoms with Gasteiger partial charge in [0, 0.05) is 35.2 Å². The zero-order chi connectivity index (χ0) is 19.1. The first-order chi connectivity index (χ1) is 13.7. The topological polar surface area (TPSA) is 66.8 Å². The third-order valence-corrected chi connectivity index (χ3v) is 5.10. The van der Waals surface area contributed by atoms with Gasteiger partial charge in [-0.15, -0.1) is 0 Å². The molecule has 1 amide bonds. The maximum absolute atomic E-state index is 13.4. The van der Waals surface area contributed by atoms with E-state index in [2.05, 4.69) is 38.1 Å². The van der Waals surface area contributed by atoms with E-state index in [9.17, 15) is 4.79 Å². The summed E-state index contributed by atoms with van der Waals surface area (Å²) in [5, 5.41) is 7.02. The Morgan fingerprint density at radius 1 is 1.00 bits per heavy atom. The Morgan fingerprint density at radius 2 is 1.82 bits per heavy atom. The molecule has 0 aliphatic carbocycles. The van der Waals surface area contributed by atoms with E-state index >= 15 is 0 Å². The molecule has 0 bridgehead atoms. The van der Waals surface area contributed by atoms with Crippen LogP contribution in [0.3, 0.4) is 0 Å². The fraction of sp³-hybridized carbons (Fsp3) is 0.136.